The lowest BCUT2D eigenvalue weighted by Crippen LogP contribution is -2.38. The first-order valence-corrected chi connectivity index (χ1v) is 11.4. The van der Waals surface area contributed by atoms with Crippen LogP contribution < -0.4 is 0 Å². The molecule has 1 aromatic carbocycles. The number of amides is 1. The lowest BCUT2D eigenvalue weighted by Gasteiger charge is -2.32. The van der Waals surface area contributed by atoms with E-state index in [2.05, 4.69) is 18.4 Å². The van der Waals surface area contributed by atoms with Crippen LogP contribution in [0.25, 0.3) is 11.0 Å². The molecule has 0 aliphatic carbocycles. The van der Waals surface area contributed by atoms with Crippen LogP contribution in [0.3, 0.4) is 0 Å². The zero-order valence-corrected chi connectivity index (χ0v) is 17.4. The van der Waals surface area contributed by atoms with Gasteiger partial charge in [0, 0.05) is 32.5 Å². The number of aromatic nitrogens is 2. The summed E-state index contributed by atoms with van der Waals surface area (Å²) in [5.41, 5.74) is 1.73. The summed E-state index contributed by atoms with van der Waals surface area (Å²) < 4.78 is 26.7. The first kappa shape index (κ1) is 19.9. The van der Waals surface area contributed by atoms with Gasteiger partial charge in [0.05, 0.1) is 21.7 Å². The van der Waals surface area contributed by atoms with Crippen molar-refractivity contribution in [3.63, 3.8) is 0 Å². The van der Waals surface area contributed by atoms with Crippen molar-refractivity contribution in [2.24, 2.45) is 5.92 Å². The van der Waals surface area contributed by atoms with Crippen LogP contribution in [0.4, 0.5) is 0 Å². The molecule has 0 N–H and O–H groups in total. The highest BCUT2D eigenvalue weighted by Gasteiger charge is 2.24. The van der Waals surface area contributed by atoms with Gasteiger partial charge >= 0.3 is 0 Å². The molecule has 0 unspecified atom stereocenters. The van der Waals surface area contributed by atoms with Crippen LogP contribution in [0.5, 0.6) is 0 Å². The van der Waals surface area contributed by atoms with E-state index in [1.165, 1.54) is 0 Å². The predicted molar refractivity (Wildman–Crippen MR) is 107 cm³/mol. The number of rotatable bonds is 5. The Labute approximate surface area is 161 Å². The summed E-state index contributed by atoms with van der Waals surface area (Å²) in [4.78, 5) is 18.6. The van der Waals surface area contributed by atoms with Gasteiger partial charge in [-0.2, -0.15) is 0 Å². The second kappa shape index (κ2) is 7.62. The molecule has 2 aromatic rings. The van der Waals surface area contributed by atoms with Crippen molar-refractivity contribution >= 4 is 26.8 Å². The average molecular weight is 392 g/mol. The SMILES string of the molecule is CCS(=O)(=O)c1ccc2c(c1)nc(C(C)C)n2CC1CCN(C(C)=O)CC1. The van der Waals surface area contributed by atoms with E-state index in [4.69, 9.17) is 4.98 Å². The Hall–Kier alpha value is -1.89. The van der Waals surface area contributed by atoms with Crippen molar-refractivity contribution in [2.45, 2.75) is 57.9 Å². The van der Waals surface area contributed by atoms with Crippen molar-refractivity contribution in [2.75, 3.05) is 18.8 Å². The minimum absolute atomic E-state index is 0.0883. The molecule has 1 aliphatic rings. The monoisotopic (exact) mass is 391 g/mol. The van der Waals surface area contributed by atoms with E-state index in [-0.39, 0.29) is 17.6 Å². The van der Waals surface area contributed by atoms with Crippen LogP contribution in [0.15, 0.2) is 23.1 Å². The third-order valence-electron chi connectivity index (χ3n) is 5.51. The van der Waals surface area contributed by atoms with Gasteiger partial charge in [0.25, 0.3) is 0 Å². The van der Waals surface area contributed by atoms with Gasteiger partial charge in [0.1, 0.15) is 5.82 Å². The number of carbonyl (C=O) groups excluding carboxylic acids is 1. The highest BCUT2D eigenvalue weighted by Crippen LogP contribution is 2.28. The number of hydrogen-bond donors (Lipinski definition) is 0. The fourth-order valence-electron chi connectivity index (χ4n) is 3.81. The van der Waals surface area contributed by atoms with Gasteiger partial charge in [-0.15, -0.1) is 0 Å². The van der Waals surface area contributed by atoms with Crippen LogP contribution in [-0.2, 0) is 21.2 Å². The summed E-state index contributed by atoms with van der Waals surface area (Å²) >= 11 is 0. The fourth-order valence-corrected chi connectivity index (χ4v) is 4.71. The lowest BCUT2D eigenvalue weighted by molar-refractivity contribution is -0.130. The number of piperidine rings is 1. The molecule has 0 bridgehead atoms. The molecule has 7 heteroatoms. The van der Waals surface area contributed by atoms with Crippen molar-refractivity contribution in [3.8, 4) is 0 Å². The highest BCUT2D eigenvalue weighted by atomic mass is 32.2. The van der Waals surface area contributed by atoms with E-state index in [1.54, 1.807) is 26.0 Å². The molecular formula is C20H29N3O3S. The highest BCUT2D eigenvalue weighted by molar-refractivity contribution is 7.91. The van der Waals surface area contributed by atoms with Gasteiger partial charge in [-0.25, -0.2) is 13.4 Å². The molecule has 0 saturated carbocycles. The van der Waals surface area contributed by atoms with Crippen LogP contribution in [-0.4, -0.2) is 47.6 Å². The molecule has 0 atom stereocenters. The number of sulfone groups is 1. The Bertz CT molecular complexity index is 939. The largest absolute Gasteiger partial charge is 0.343 e. The quantitative estimate of drug-likeness (QED) is 0.784. The maximum Gasteiger partial charge on any atom is 0.219 e. The summed E-state index contributed by atoms with van der Waals surface area (Å²) in [5, 5.41) is 0. The first-order valence-electron chi connectivity index (χ1n) is 9.71. The second-order valence-corrected chi connectivity index (χ2v) is 10.0. The van der Waals surface area contributed by atoms with Crippen LogP contribution >= 0.6 is 0 Å². The molecule has 27 heavy (non-hydrogen) atoms. The number of imidazole rings is 1. The molecular weight excluding hydrogens is 362 g/mol. The molecule has 1 aromatic heterocycles. The smallest absolute Gasteiger partial charge is 0.219 e. The summed E-state index contributed by atoms with van der Waals surface area (Å²) in [6.07, 6.45) is 1.97. The van der Waals surface area contributed by atoms with E-state index >= 15 is 0 Å². The number of fused-ring (bicyclic) bond motifs is 1. The van der Waals surface area contributed by atoms with E-state index in [9.17, 15) is 13.2 Å². The Morgan fingerprint density at radius 3 is 2.48 bits per heavy atom. The Balaban J connectivity index is 1.92. The fraction of sp³-hybridized carbons (Fsp3) is 0.600. The van der Waals surface area contributed by atoms with Crippen LogP contribution in [0, 0.1) is 5.92 Å². The van der Waals surface area contributed by atoms with Gasteiger partial charge in [0.15, 0.2) is 9.84 Å². The Morgan fingerprint density at radius 1 is 1.26 bits per heavy atom. The molecule has 1 saturated heterocycles. The minimum atomic E-state index is -3.24. The summed E-state index contributed by atoms with van der Waals surface area (Å²) in [6.45, 7) is 9.98. The molecule has 6 nitrogen and oxygen atoms in total. The number of nitrogens with zero attached hydrogens (tertiary/aromatic N) is 3. The third-order valence-corrected chi connectivity index (χ3v) is 7.24. The van der Waals surface area contributed by atoms with Crippen LogP contribution in [0.1, 0.15) is 52.3 Å². The van der Waals surface area contributed by atoms with Crippen molar-refractivity contribution < 1.29 is 13.2 Å². The minimum Gasteiger partial charge on any atom is -0.343 e. The standard InChI is InChI=1S/C20H29N3O3S/c1-5-27(25,26)17-6-7-19-18(12-17)21-20(14(2)3)23(19)13-16-8-10-22(11-9-16)15(4)24/h6-7,12,14,16H,5,8-11,13H2,1-4H3. The predicted octanol–water partition coefficient (Wildman–Crippen LogP) is 3.21. The van der Waals surface area contributed by atoms with Crippen molar-refractivity contribution in [1.82, 2.24) is 14.5 Å². The molecule has 2 heterocycles. The zero-order valence-electron chi connectivity index (χ0n) is 16.6. The number of carbonyl (C=O) groups is 1. The third kappa shape index (κ3) is 4.03. The first-order chi connectivity index (χ1) is 12.7. The Morgan fingerprint density at radius 2 is 1.93 bits per heavy atom. The molecule has 0 spiro atoms. The number of benzene rings is 1. The molecule has 1 amide bonds. The number of hydrogen-bond acceptors (Lipinski definition) is 4. The van der Waals surface area contributed by atoms with Crippen molar-refractivity contribution in [3.05, 3.63) is 24.0 Å². The van der Waals surface area contributed by atoms with Gasteiger partial charge in [-0.1, -0.05) is 20.8 Å². The maximum absolute atomic E-state index is 12.2. The van der Waals surface area contributed by atoms with Gasteiger partial charge < -0.3 is 9.47 Å². The topological polar surface area (TPSA) is 72.3 Å². The molecule has 3 rings (SSSR count). The number of likely N-dealkylation sites (tertiary alicyclic amines) is 1. The van der Waals surface area contributed by atoms with E-state index in [1.807, 2.05) is 11.0 Å². The van der Waals surface area contributed by atoms with E-state index in [0.717, 1.165) is 49.3 Å². The summed E-state index contributed by atoms with van der Waals surface area (Å²) in [5.74, 6) is 1.97. The van der Waals surface area contributed by atoms with Gasteiger partial charge in [-0.3, -0.25) is 4.79 Å². The van der Waals surface area contributed by atoms with Gasteiger partial charge in [-0.05, 0) is 37.0 Å². The summed E-state index contributed by atoms with van der Waals surface area (Å²) in [7, 11) is -3.24. The molecule has 1 aliphatic heterocycles. The van der Waals surface area contributed by atoms with E-state index in [0.29, 0.717) is 10.8 Å². The molecule has 1 fully saturated rings. The van der Waals surface area contributed by atoms with Crippen molar-refractivity contribution in [1.29, 1.82) is 0 Å². The van der Waals surface area contributed by atoms with Crippen LogP contribution in [0.2, 0.25) is 0 Å². The summed E-state index contributed by atoms with van der Waals surface area (Å²) in [6, 6.07) is 5.29. The second-order valence-electron chi connectivity index (χ2n) is 7.74. The van der Waals surface area contributed by atoms with E-state index < -0.39 is 9.84 Å². The Kier molecular flexibility index (Phi) is 5.60. The average Bonchev–Trinajstić information content (AvgIpc) is 3.00. The normalized spacial score (nSPS) is 16.4. The van der Waals surface area contributed by atoms with Gasteiger partial charge in [0.2, 0.25) is 5.91 Å². The molecule has 0 radical (unpaired) electrons. The molecule has 148 valence electrons. The maximum atomic E-state index is 12.2. The zero-order chi connectivity index (χ0) is 19.8. The lowest BCUT2D eigenvalue weighted by atomic mass is 9.96.